The third kappa shape index (κ3) is 15.7. The van der Waals surface area contributed by atoms with Crippen molar-refractivity contribution in [2.24, 2.45) is 0 Å². The van der Waals surface area contributed by atoms with Gasteiger partial charge in [-0.05, 0) is 19.3 Å². The maximum Gasteiger partial charge on any atom is 0.320 e. The van der Waals surface area contributed by atoms with Gasteiger partial charge in [-0.25, -0.2) is 0 Å². The molecule has 0 rings (SSSR count). The zero-order valence-corrected chi connectivity index (χ0v) is 18.7. The molecule has 0 heterocycles. The van der Waals surface area contributed by atoms with Crippen LogP contribution in [0.15, 0.2) is 0 Å². The predicted octanol–water partition coefficient (Wildman–Crippen LogP) is 7.47. The Balaban J connectivity index is 3.84. The van der Waals surface area contributed by atoms with Gasteiger partial charge in [0, 0.05) is 0 Å². The summed E-state index contributed by atoms with van der Waals surface area (Å²) in [5.41, 5.74) is 0. The van der Waals surface area contributed by atoms with Crippen molar-refractivity contribution in [3.05, 3.63) is 0 Å². The Hall–Kier alpha value is -0.560. The Morgan fingerprint density at radius 2 is 1.31 bits per heavy atom. The number of carbonyl (C=O) groups excluding carboxylic acids is 1. The van der Waals surface area contributed by atoms with Gasteiger partial charge in [-0.1, -0.05) is 107 Å². The molecule has 0 aromatic heterocycles. The Morgan fingerprint density at radius 1 is 0.846 bits per heavy atom. The maximum absolute atomic E-state index is 12.2. The van der Waals surface area contributed by atoms with Gasteiger partial charge < -0.3 is 4.74 Å². The lowest BCUT2D eigenvalue weighted by Crippen LogP contribution is -2.24. The molecule has 0 aliphatic carbocycles. The number of nitriles is 1. The standard InChI is InChI=1S/C22H40BrNO2/c1-3-5-7-9-10-11-12-13-14-16-20(18-19-24)26-22(25)21(23)17-15-8-6-4-2/h20-21H,3-18H2,1-2H3/t20-,21?/m1/s1. The summed E-state index contributed by atoms with van der Waals surface area (Å²) in [6.45, 7) is 4.42. The average Bonchev–Trinajstić information content (AvgIpc) is 2.63. The van der Waals surface area contributed by atoms with E-state index >= 15 is 0 Å². The van der Waals surface area contributed by atoms with E-state index in [4.69, 9.17) is 10.00 Å². The van der Waals surface area contributed by atoms with E-state index in [0.717, 1.165) is 32.1 Å². The van der Waals surface area contributed by atoms with E-state index in [-0.39, 0.29) is 16.9 Å². The number of esters is 1. The highest BCUT2D eigenvalue weighted by Gasteiger charge is 2.20. The van der Waals surface area contributed by atoms with Gasteiger partial charge in [0.15, 0.2) is 0 Å². The lowest BCUT2D eigenvalue weighted by Gasteiger charge is -2.17. The van der Waals surface area contributed by atoms with Gasteiger partial charge in [-0.3, -0.25) is 4.79 Å². The van der Waals surface area contributed by atoms with Crippen molar-refractivity contribution in [3.8, 4) is 6.07 Å². The molecular formula is C22H40BrNO2. The zero-order chi connectivity index (χ0) is 19.5. The van der Waals surface area contributed by atoms with Crippen LogP contribution in [0.5, 0.6) is 0 Å². The van der Waals surface area contributed by atoms with Gasteiger partial charge in [0.2, 0.25) is 0 Å². The summed E-state index contributed by atoms with van der Waals surface area (Å²) in [6, 6.07) is 2.16. The van der Waals surface area contributed by atoms with Crippen LogP contribution in [0.2, 0.25) is 0 Å². The smallest absolute Gasteiger partial charge is 0.320 e. The van der Waals surface area contributed by atoms with Crippen LogP contribution < -0.4 is 0 Å². The van der Waals surface area contributed by atoms with Crippen molar-refractivity contribution in [1.29, 1.82) is 5.26 Å². The number of carbonyl (C=O) groups is 1. The first kappa shape index (κ1) is 25.4. The van der Waals surface area contributed by atoms with Crippen molar-refractivity contribution < 1.29 is 9.53 Å². The van der Waals surface area contributed by atoms with Gasteiger partial charge in [0.1, 0.15) is 10.9 Å². The third-order valence-electron chi connectivity index (χ3n) is 4.80. The number of hydrogen-bond acceptors (Lipinski definition) is 3. The van der Waals surface area contributed by atoms with Crippen LogP contribution in [0.3, 0.4) is 0 Å². The molecule has 0 spiro atoms. The topological polar surface area (TPSA) is 50.1 Å². The van der Waals surface area contributed by atoms with E-state index in [1.165, 1.54) is 64.2 Å². The molecule has 26 heavy (non-hydrogen) atoms. The first-order valence-corrected chi connectivity index (χ1v) is 11.8. The van der Waals surface area contributed by atoms with Gasteiger partial charge in [-0.15, -0.1) is 0 Å². The minimum Gasteiger partial charge on any atom is -0.460 e. The molecule has 0 N–H and O–H groups in total. The fourth-order valence-corrected chi connectivity index (χ4v) is 3.53. The molecule has 0 amide bonds. The molecule has 0 fully saturated rings. The molecule has 0 aliphatic rings. The predicted molar refractivity (Wildman–Crippen MR) is 113 cm³/mol. The van der Waals surface area contributed by atoms with Gasteiger partial charge >= 0.3 is 5.97 Å². The number of halogens is 1. The van der Waals surface area contributed by atoms with Crippen molar-refractivity contribution in [2.75, 3.05) is 0 Å². The monoisotopic (exact) mass is 429 g/mol. The Labute approximate surface area is 170 Å². The van der Waals surface area contributed by atoms with Crippen LogP contribution in [0.25, 0.3) is 0 Å². The minimum absolute atomic E-state index is 0.197. The highest BCUT2D eigenvalue weighted by molar-refractivity contribution is 9.10. The van der Waals surface area contributed by atoms with Crippen molar-refractivity contribution >= 4 is 21.9 Å². The molecule has 0 saturated heterocycles. The largest absolute Gasteiger partial charge is 0.460 e. The molecule has 3 nitrogen and oxygen atoms in total. The quantitative estimate of drug-likeness (QED) is 0.129. The number of hydrogen-bond donors (Lipinski definition) is 0. The van der Waals surface area contributed by atoms with E-state index in [9.17, 15) is 4.79 Å². The fraction of sp³-hybridized carbons (Fsp3) is 0.909. The van der Waals surface area contributed by atoms with E-state index in [1.807, 2.05) is 0 Å². The third-order valence-corrected chi connectivity index (χ3v) is 5.63. The van der Waals surface area contributed by atoms with Crippen LogP contribution in [-0.2, 0) is 9.53 Å². The van der Waals surface area contributed by atoms with Crippen LogP contribution in [0.4, 0.5) is 0 Å². The second-order valence-electron chi connectivity index (χ2n) is 7.36. The summed E-state index contributed by atoms with van der Waals surface area (Å²) < 4.78 is 5.57. The first-order valence-electron chi connectivity index (χ1n) is 10.9. The summed E-state index contributed by atoms with van der Waals surface area (Å²) in [5.74, 6) is -0.197. The second kappa shape index (κ2) is 19.2. The number of nitrogens with zero attached hydrogens (tertiary/aromatic N) is 1. The molecular weight excluding hydrogens is 390 g/mol. The summed E-state index contributed by atoms with van der Waals surface area (Å²) in [4.78, 5) is 11.9. The molecule has 2 atom stereocenters. The Morgan fingerprint density at radius 3 is 1.85 bits per heavy atom. The van der Waals surface area contributed by atoms with Crippen molar-refractivity contribution in [1.82, 2.24) is 0 Å². The van der Waals surface area contributed by atoms with Gasteiger partial charge in [0.05, 0.1) is 12.5 Å². The van der Waals surface area contributed by atoms with Gasteiger partial charge in [0.25, 0.3) is 0 Å². The molecule has 4 heteroatoms. The zero-order valence-electron chi connectivity index (χ0n) is 17.1. The van der Waals surface area contributed by atoms with Crippen molar-refractivity contribution in [3.63, 3.8) is 0 Å². The SMILES string of the molecule is CCCCCCCCCCC[C@H](CC#N)OC(=O)C(Br)CCCCCC. The molecule has 1 unspecified atom stereocenters. The lowest BCUT2D eigenvalue weighted by molar-refractivity contribution is -0.148. The fourth-order valence-electron chi connectivity index (χ4n) is 3.09. The van der Waals surface area contributed by atoms with Crippen LogP contribution >= 0.6 is 15.9 Å². The van der Waals surface area contributed by atoms with Crippen molar-refractivity contribution in [2.45, 2.75) is 128 Å². The number of rotatable bonds is 18. The van der Waals surface area contributed by atoms with E-state index in [2.05, 4.69) is 35.8 Å². The Kier molecular flexibility index (Phi) is 18.8. The number of unbranched alkanes of at least 4 members (excludes halogenated alkanes) is 11. The Bertz CT molecular complexity index is 368. The lowest BCUT2D eigenvalue weighted by atomic mass is 10.0. The number of alkyl halides is 1. The van der Waals surface area contributed by atoms with Crippen LogP contribution in [0.1, 0.15) is 117 Å². The molecule has 0 saturated carbocycles. The van der Waals surface area contributed by atoms with E-state index in [0.29, 0.717) is 6.42 Å². The second-order valence-corrected chi connectivity index (χ2v) is 8.46. The first-order chi connectivity index (χ1) is 12.7. The molecule has 0 radical (unpaired) electrons. The van der Waals surface area contributed by atoms with Gasteiger partial charge in [-0.2, -0.15) is 5.26 Å². The molecule has 0 aliphatic heterocycles. The highest BCUT2D eigenvalue weighted by atomic mass is 79.9. The minimum atomic E-state index is -0.243. The maximum atomic E-state index is 12.2. The van der Waals surface area contributed by atoms with Crippen LogP contribution in [-0.4, -0.2) is 16.9 Å². The molecule has 152 valence electrons. The average molecular weight is 430 g/mol. The molecule has 0 aromatic carbocycles. The summed E-state index contributed by atoms with van der Waals surface area (Å²) in [5, 5.41) is 8.98. The summed E-state index contributed by atoms with van der Waals surface area (Å²) in [6.07, 6.45) is 17.8. The summed E-state index contributed by atoms with van der Waals surface area (Å²) in [7, 11) is 0. The van der Waals surface area contributed by atoms with Crippen LogP contribution in [0, 0.1) is 11.3 Å². The normalized spacial score (nSPS) is 13.2. The molecule has 0 aromatic rings. The number of ether oxygens (including phenoxy) is 1. The highest BCUT2D eigenvalue weighted by Crippen LogP contribution is 2.18. The molecule has 0 bridgehead atoms. The van der Waals surface area contributed by atoms with E-state index in [1.54, 1.807) is 0 Å². The van der Waals surface area contributed by atoms with E-state index < -0.39 is 0 Å². The summed E-state index contributed by atoms with van der Waals surface area (Å²) >= 11 is 3.45.